The highest BCUT2D eigenvalue weighted by Gasteiger charge is 2.32. The Labute approximate surface area is 121 Å². The van der Waals surface area contributed by atoms with E-state index in [4.69, 9.17) is 0 Å². The van der Waals surface area contributed by atoms with Crippen molar-refractivity contribution in [1.29, 1.82) is 0 Å². The molecule has 0 aromatic rings. The Bertz CT molecular complexity index is 438. The average molecular weight is 304 g/mol. The Morgan fingerprint density at radius 2 is 1.80 bits per heavy atom. The van der Waals surface area contributed by atoms with Gasteiger partial charge in [0.25, 0.3) is 10.2 Å². The lowest BCUT2D eigenvalue weighted by molar-refractivity contribution is -0.135. The number of carbonyl (C=O) groups is 1. The number of piperazine rings is 1. The molecule has 2 aliphatic rings. The van der Waals surface area contributed by atoms with Gasteiger partial charge in [0.15, 0.2) is 0 Å². The molecule has 0 aromatic heterocycles. The number of nitrogens with one attached hydrogen (secondary N) is 1. The van der Waals surface area contributed by atoms with Gasteiger partial charge in [0.1, 0.15) is 0 Å². The van der Waals surface area contributed by atoms with E-state index >= 15 is 0 Å². The van der Waals surface area contributed by atoms with Gasteiger partial charge in [-0.05, 0) is 19.4 Å². The fourth-order valence-electron chi connectivity index (χ4n) is 2.65. The summed E-state index contributed by atoms with van der Waals surface area (Å²) in [5.41, 5.74) is 0. The second kappa shape index (κ2) is 6.38. The van der Waals surface area contributed by atoms with Crippen LogP contribution in [-0.2, 0) is 15.0 Å². The van der Waals surface area contributed by atoms with Gasteiger partial charge < -0.3 is 10.2 Å². The van der Waals surface area contributed by atoms with Gasteiger partial charge in [0, 0.05) is 40.3 Å². The summed E-state index contributed by atoms with van der Waals surface area (Å²) in [5, 5.41) is 3.24. The summed E-state index contributed by atoms with van der Waals surface area (Å²) in [7, 11) is -0.308. The molecular weight excluding hydrogens is 280 g/mol. The van der Waals surface area contributed by atoms with E-state index in [0.717, 1.165) is 25.8 Å². The number of rotatable bonds is 3. The zero-order valence-electron chi connectivity index (χ0n) is 12.2. The van der Waals surface area contributed by atoms with Crippen LogP contribution in [0.25, 0.3) is 0 Å². The summed E-state index contributed by atoms with van der Waals surface area (Å²) in [6.07, 6.45) is 3.09. The molecule has 0 unspecified atom stereocenters. The summed E-state index contributed by atoms with van der Waals surface area (Å²) in [5.74, 6) is 0.117. The van der Waals surface area contributed by atoms with Crippen LogP contribution in [-0.4, -0.2) is 80.7 Å². The fourth-order valence-corrected chi connectivity index (χ4v) is 3.74. The average Bonchev–Trinajstić information content (AvgIpc) is 2.47. The smallest absolute Gasteiger partial charge is 0.281 e. The van der Waals surface area contributed by atoms with E-state index in [0.29, 0.717) is 26.2 Å². The molecule has 1 atom stereocenters. The van der Waals surface area contributed by atoms with Gasteiger partial charge in [-0.15, -0.1) is 0 Å². The van der Waals surface area contributed by atoms with Crippen LogP contribution in [0.2, 0.25) is 0 Å². The van der Waals surface area contributed by atoms with Crippen molar-refractivity contribution in [3.8, 4) is 0 Å². The summed E-state index contributed by atoms with van der Waals surface area (Å²) < 4.78 is 26.7. The van der Waals surface area contributed by atoms with Crippen molar-refractivity contribution in [1.82, 2.24) is 18.8 Å². The van der Waals surface area contributed by atoms with Crippen LogP contribution in [0.15, 0.2) is 0 Å². The number of amides is 1. The first-order valence-corrected chi connectivity index (χ1v) is 8.52. The van der Waals surface area contributed by atoms with Crippen molar-refractivity contribution in [3.63, 3.8) is 0 Å². The second-order valence-electron chi connectivity index (χ2n) is 5.52. The molecule has 1 N–H and O–H groups in total. The van der Waals surface area contributed by atoms with E-state index in [9.17, 15) is 13.2 Å². The molecule has 0 spiro atoms. The molecule has 0 radical (unpaired) electrons. The number of carbonyl (C=O) groups excluding carboxylic acids is 1. The predicted molar refractivity (Wildman–Crippen MR) is 76.4 cm³/mol. The van der Waals surface area contributed by atoms with Gasteiger partial charge in [-0.3, -0.25) is 4.79 Å². The minimum absolute atomic E-state index is 0.0826. The third kappa shape index (κ3) is 3.30. The van der Waals surface area contributed by atoms with Crippen LogP contribution in [0.4, 0.5) is 0 Å². The Kier molecular flexibility index (Phi) is 5.00. The molecule has 2 fully saturated rings. The number of piperidine rings is 1. The molecule has 20 heavy (non-hydrogen) atoms. The zero-order chi connectivity index (χ0) is 14.8. The first-order valence-electron chi connectivity index (χ1n) is 7.12. The molecule has 116 valence electrons. The first-order chi connectivity index (χ1) is 9.43. The Hall–Kier alpha value is -0.700. The highest BCUT2D eigenvalue weighted by atomic mass is 32.2. The van der Waals surface area contributed by atoms with Gasteiger partial charge >= 0.3 is 0 Å². The highest BCUT2D eigenvalue weighted by molar-refractivity contribution is 7.86. The lowest BCUT2D eigenvalue weighted by Crippen LogP contribution is -2.57. The highest BCUT2D eigenvalue weighted by Crippen LogP contribution is 2.14. The van der Waals surface area contributed by atoms with Gasteiger partial charge in [-0.1, -0.05) is 6.42 Å². The lowest BCUT2D eigenvalue weighted by atomic mass is 10.0. The Balaban J connectivity index is 1.89. The third-order valence-corrected chi connectivity index (χ3v) is 5.89. The van der Waals surface area contributed by atoms with E-state index < -0.39 is 10.2 Å². The van der Waals surface area contributed by atoms with Crippen molar-refractivity contribution in [2.45, 2.75) is 25.3 Å². The van der Waals surface area contributed by atoms with E-state index in [2.05, 4.69) is 5.32 Å². The maximum atomic E-state index is 12.3. The molecule has 1 amide bonds. The largest absolute Gasteiger partial charge is 0.339 e. The predicted octanol–water partition coefficient (Wildman–Crippen LogP) is -0.921. The van der Waals surface area contributed by atoms with Crippen LogP contribution >= 0.6 is 0 Å². The number of hydrogen-bond acceptors (Lipinski definition) is 4. The normalized spacial score (nSPS) is 25.9. The summed E-state index contributed by atoms with van der Waals surface area (Å²) in [6, 6.07) is -0.0826. The molecule has 8 heteroatoms. The monoisotopic (exact) mass is 304 g/mol. The van der Waals surface area contributed by atoms with Crippen molar-refractivity contribution in [2.75, 3.05) is 46.8 Å². The lowest BCUT2D eigenvalue weighted by Gasteiger charge is -2.37. The van der Waals surface area contributed by atoms with Gasteiger partial charge in [-0.25, -0.2) is 0 Å². The van der Waals surface area contributed by atoms with Gasteiger partial charge in [0.05, 0.1) is 6.04 Å². The maximum Gasteiger partial charge on any atom is 0.281 e. The second-order valence-corrected chi connectivity index (χ2v) is 7.66. The van der Waals surface area contributed by atoms with Crippen LogP contribution in [0.1, 0.15) is 19.3 Å². The molecule has 2 rings (SSSR count). The molecular formula is C12H24N4O3S. The zero-order valence-corrected chi connectivity index (χ0v) is 13.0. The maximum absolute atomic E-state index is 12.3. The fraction of sp³-hybridized carbons (Fsp3) is 0.917. The Morgan fingerprint density at radius 3 is 2.30 bits per heavy atom. The van der Waals surface area contributed by atoms with E-state index in [1.54, 1.807) is 4.90 Å². The molecule has 0 bridgehead atoms. The van der Waals surface area contributed by atoms with Crippen LogP contribution in [0, 0.1) is 0 Å². The molecule has 7 nitrogen and oxygen atoms in total. The molecule has 0 aromatic carbocycles. The van der Waals surface area contributed by atoms with Crippen molar-refractivity contribution >= 4 is 16.1 Å². The van der Waals surface area contributed by atoms with Crippen LogP contribution in [0.3, 0.4) is 0 Å². The minimum Gasteiger partial charge on any atom is -0.339 e. The first kappa shape index (κ1) is 15.7. The van der Waals surface area contributed by atoms with Gasteiger partial charge in [0.2, 0.25) is 5.91 Å². The van der Waals surface area contributed by atoms with Crippen LogP contribution in [0.5, 0.6) is 0 Å². The summed E-state index contributed by atoms with van der Waals surface area (Å²) >= 11 is 0. The van der Waals surface area contributed by atoms with E-state index in [-0.39, 0.29) is 11.9 Å². The molecule has 0 aliphatic carbocycles. The summed E-state index contributed by atoms with van der Waals surface area (Å²) in [4.78, 5) is 14.1. The molecule has 2 heterocycles. The van der Waals surface area contributed by atoms with E-state index in [1.165, 1.54) is 22.7 Å². The standard InChI is InChI=1S/C12H24N4O3S/c1-14(2)20(18,19)16-9-7-15(8-10-16)12(17)11-5-3-4-6-13-11/h11,13H,3-10H2,1-2H3/t11-/m1/s1. The third-order valence-electron chi connectivity index (χ3n) is 3.95. The van der Waals surface area contributed by atoms with Crippen molar-refractivity contribution < 1.29 is 13.2 Å². The minimum atomic E-state index is -3.36. The Morgan fingerprint density at radius 1 is 1.15 bits per heavy atom. The SMILES string of the molecule is CN(C)S(=O)(=O)N1CCN(C(=O)[C@H]2CCCCN2)CC1. The quantitative estimate of drug-likeness (QED) is 0.732. The number of nitrogens with zero attached hydrogens (tertiary/aromatic N) is 3. The van der Waals surface area contributed by atoms with Crippen molar-refractivity contribution in [3.05, 3.63) is 0 Å². The topological polar surface area (TPSA) is 73.0 Å². The van der Waals surface area contributed by atoms with Gasteiger partial charge in [-0.2, -0.15) is 17.0 Å². The molecule has 2 aliphatic heterocycles. The number of hydrogen-bond donors (Lipinski definition) is 1. The summed E-state index contributed by atoms with van der Waals surface area (Å²) in [6.45, 7) is 2.59. The molecule has 2 saturated heterocycles. The van der Waals surface area contributed by atoms with Crippen LogP contribution < -0.4 is 5.32 Å². The van der Waals surface area contributed by atoms with Crippen molar-refractivity contribution in [2.24, 2.45) is 0 Å². The molecule has 0 saturated carbocycles. The van der Waals surface area contributed by atoms with E-state index in [1.807, 2.05) is 0 Å².